The van der Waals surface area contributed by atoms with E-state index in [0.29, 0.717) is 11.6 Å². The van der Waals surface area contributed by atoms with Gasteiger partial charge >= 0.3 is 0 Å². The number of nitrogens with zero attached hydrogens (tertiary/aromatic N) is 5. The van der Waals surface area contributed by atoms with E-state index >= 15 is 0 Å². The zero-order valence-electron chi connectivity index (χ0n) is 16.5. The highest BCUT2D eigenvalue weighted by Gasteiger charge is 2.13. The Bertz CT molecular complexity index is 1240. The summed E-state index contributed by atoms with van der Waals surface area (Å²) in [5, 5.41) is 11.4. The summed E-state index contributed by atoms with van der Waals surface area (Å²) in [6.45, 7) is 5.41. The highest BCUT2D eigenvalue weighted by atomic mass is 16.1. The molecule has 8 heteroatoms. The summed E-state index contributed by atoms with van der Waals surface area (Å²) in [6.07, 6.45) is 6.89. The van der Waals surface area contributed by atoms with Gasteiger partial charge in [0.05, 0.1) is 22.6 Å². The molecule has 1 amide bonds. The molecule has 8 nitrogen and oxygen atoms in total. The summed E-state index contributed by atoms with van der Waals surface area (Å²) in [6, 6.07) is 7.65. The maximum absolute atomic E-state index is 11.6. The number of carbonyl (C=O) groups excluding carboxylic acids is 1. The van der Waals surface area contributed by atoms with Crippen LogP contribution in [0.4, 0.5) is 17.3 Å². The minimum Gasteiger partial charge on any atom is -0.350 e. The molecule has 0 unspecified atom stereocenters. The van der Waals surface area contributed by atoms with Crippen molar-refractivity contribution in [1.29, 1.82) is 0 Å². The van der Waals surface area contributed by atoms with Crippen LogP contribution in [0, 0.1) is 6.92 Å². The highest BCUT2D eigenvalue weighted by molar-refractivity contribution is 6.02. The van der Waals surface area contributed by atoms with Gasteiger partial charge in [0.15, 0.2) is 0 Å². The number of aryl methyl sites for hydroxylation is 3. The van der Waals surface area contributed by atoms with Gasteiger partial charge in [-0.2, -0.15) is 5.10 Å². The molecule has 3 heterocycles. The first-order valence-electron chi connectivity index (χ1n) is 9.08. The van der Waals surface area contributed by atoms with Gasteiger partial charge in [0.1, 0.15) is 0 Å². The Labute approximate surface area is 167 Å². The maximum Gasteiger partial charge on any atom is 0.247 e. The lowest BCUT2D eigenvalue weighted by molar-refractivity contribution is -0.111. The summed E-state index contributed by atoms with van der Waals surface area (Å²) in [7, 11) is 3.83. The Balaban J connectivity index is 1.70. The van der Waals surface area contributed by atoms with Gasteiger partial charge in [-0.05, 0) is 31.2 Å². The largest absolute Gasteiger partial charge is 0.350 e. The van der Waals surface area contributed by atoms with E-state index in [-0.39, 0.29) is 5.91 Å². The van der Waals surface area contributed by atoms with Crippen LogP contribution in [0.25, 0.3) is 22.2 Å². The standard InChI is InChI=1S/C21H21N7O/c1-5-20(29)23-14-6-7-15-16(11-27(3)19(15)10-14)17-8-9-22-21(24-17)25-18-12-28(4)26-13(18)2/h5-12H,1H2,2-4H3,(H,23,29)(H,22,24,25). The summed E-state index contributed by atoms with van der Waals surface area (Å²) < 4.78 is 3.75. The maximum atomic E-state index is 11.6. The average Bonchev–Trinajstić information content (AvgIpc) is 3.20. The quantitative estimate of drug-likeness (QED) is 0.511. The summed E-state index contributed by atoms with van der Waals surface area (Å²) in [4.78, 5) is 20.6. The summed E-state index contributed by atoms with van der Waals surface area (Å²) >= 11 is 0. The second-order valence-electron chi connectivity index (χ2n) is 6.77. The number of benzene rings is 1. The number of nitrogens with one attached hydrogen (secondary N) is 2. The molecule has 0 aliphatic heterocycles. The minimum absolute atomic E-state index is 0.240. The number of hydrogen-bond acceptors (Lipinski definition) is 5. The van der Waals surface area contributed by atoms with E-state index in [4.69, 9.17) is 0 Å². The van der Waals surface area contributed by atoms with Crippen LogP contribution in [-0.2, 0) is 18.9 Å². The number of anilines is 3. The fourth-order valence-corrected chi connectivity index (χ4v) is 3.27. The second kappa shape index (κ2) is 7.23. The van der Waals surface area contributed by atoms with Crippen LogP contribution >= 0.6 is 0 Å². The number of rotatable bonds is 5. The first-order chi connectivity index (χ1) is 13.9. The Morgan fingerprint density at radius 3 is 2.76 bits per heavy atom. The molecule has 0 atom stereocenters. The van der Waals surface area contributed by atoms with Crippen LogP contribution in [0.1, 0.15) is 5.69 Å². The molecule has 0 aliphatic carbocycles. The van der Waals surface area contributed by atoms with E-state index in [1.165, 1.54) is 6.08 Å². The lowest BCUT2D eigenvalue weighted by Gasteiger charge is -2.06. The summed E-state index contributed by atoms with van der Waals surface area (Å²) in [5.74, 6) is 0.265. The van der Waals surface area contributed by atoms with Crippen molar-refractivity contribution < 1.29 is 4.79 Å². The Hall–Kier alpha value is -3.94. The molecule has 146 valence electrons. The summed E-state index contributed by atoms with van der Waals surface area (Å²) in [5.41, 5.74) is 5.23. The zero-order valence-corrected chi connectivity index (χ0v) is 16.5. The van der Waals surface area contributed by atoms with Crippen molar-refractivity contribution >= 4 is 34.1 Å². The van der Waals surface area contributed by atoms with E-state index in [9.17, 15) is 4.79 Å². The monoisotopic (exact) mass is 387 g/mol. The third kappa shape index (κ3) is 3.60. The highest BCUT2D eigenvalue weighted by Crippen LogP contribution is 2.31. The topological polar surface area (TPSA) is 89.7 Å². The predicted octanol–water partition coefficient (Wildman–Crippen LogP) is 3.55. The third-order valence-corrected chi connectivity index (χ3v) is 4.64. The van der Waals surface area contributed by atoms with Crippen LogP contribution in [-0.4, -0.2) is 30.2 Å². The van der Waals surface area contributed by atoms with Crippen molar-refractivity contribution in [2.45, 2.75) is 6.92 Å². The van der Waals surface area contributed by atoms with Crippen molar-refractivity contribution in [2.24, 2.45) is 14.1 Å². The van der Waals surface area contributed by atoms with Crippen LogP contribution in [0.5, 0.6) is 0 Å². The van der Waals surface area contributed by atoms with Crippen molar-refractivity contribution in [3.05, 3.63) is 61.2 Å². The number of amides is 1. The molecule has 29 heavy (non-hydrogen) atoms. The molecular formula is C21H21N7O. The van der Waals surface area contributed by atoms with Gasteiger partial charge in [0.2, 0.25) is 11.9 Å². The third-order valence-electron chi connectivity index (χ3n) is 4.64. The molecule has 4 aromatic rings. The minimum atomic E-state index is -0.240. The van der Waals surface area contributed by atoms with Crippen molar-refractivity contribution in [3.63, 3.8) is 0 Å². The van der Waals surface area contributed by atoms with Gasteiger partial charge in [-0.1, -0.05) is 12.6 Å². The average molecular weight is 387 g/mol. The lowest BCUT2D eigenvalue weighted by atomic mass is 10.1. The molecule has 0 bridgehead atoms. The number of fused-ring (bicyclic) bond motifs is 1. The SMILES string of the molecule is C=CC(=O)Nc1ccc2c(-c3ccnc(Nc4cn(C)nc4C)n3)cn(C)c2c1. The normalized spacial score (nSPS) is 10.9. The van der Waals surface area contributed by atoms with Gasteiger partial charge < -0.3 is 15.2 Å². The zero-order chi connectivity index (χ0) is 20.5. The molecule has 0 saturated heterocycles. The molecule has 0 fully saturated rings. The van der Waals surface area contributed by atoms with Gasteiger partial charge in [-0.15, -0.1) is 0 Å². The second-order valence-corrected chi connectivity index (χ2v) is 6.77. The molecule has 0 saturated carbocycles. The molecule has 3 aromatic heterocycles. The van der Waals surface area contributed by atoms with Gasteiger partial charge in [-0.25, -0.2) is 9.97 Å². The molecule has 0 aliphatic rings. The van der Waals surface area contributed by atoms with E-state index in [1.807, 2.05) is 62.2 Å². The fraction of sp³-hybridized carbons (Fsp3) is 0.143. The number of aromatic nitrogens is 5. The fourth-order valence-electron chi connectivity index (χ4n) is 3.27. The van der Waals surface area contributed by atoms with Gasteiger partial charge in [-0.3, -0.25) is 9.48 Å². The Morgan fingerprint density at radius 2 is 2.03 bits per heavy atom. The van der Waals surface area contributed by atoms with Gasteiger partial charge in [0, 0.05) is 49.3 Å². The van der Waals surface area contributed by atoms with Crippen LogP contribution < -0.4 is 10.6 Å². The van der Waals surface area contributed by atoms with Crippen LogP contribution in [0.3, 0.4) is 0 Å². The smallest absolute Gasteiger partial charge is 0.247 e. The van der Waals surface area contributed by atoms with E-state index < -0.39 is 0 Å². The molecule has 2 N–H and O–H groups in total. The van der Waals surface area contributed by atoms with Crippen molar-refractivity contribution in [3.8, 4) is 11.3 Å². The van der Waals surface area contributed by atoms with Crippen molar-refractivity contribution in [2.75, 3.05) is 10.6 Å². The first-order valence-corrected chi connectivity index (χ1v) is 9.08. The molecule has 4 rings (SSSR count). The lowest BCUT2D eigenvalue weighted by Crippen LogP contribution is -2.07. The van der Waals surface area contributed by atoms with Crippen LogP contribution in [0.15, 0.2) is 55.5 Å². The molecule has 0 radical (unpaired) electrons. The van der Waals surface area contributed by atoms with Gasteiger partial charge in [0.25, 0.3) is 0 Å². The van der Waals surface area contributed by atoms with Crippen LogP contribution in [0.2, 0.25) is 0 Å². The molecular weight excluding hydrogens is 366 g/mol. The van der Waals surface area contributed by atoms with E-state index in [2.05, 4.69) is 32.3 Å². The number of hydrogen-bond donors (Lipinski definition) is 2. The first kappa shape index (κ1) is 18.4. The predicted molar refractivity (Wildman–Crippen MR) is 114 cm³/mol. The number of carbonyl (C=O) groups is 1. The molecule has 0 spiro atoms. The van der Waals surface area contributed by atoms with Crippen molar-refractivity contribution in [1.82, 2.24) is 24.3 Å². The van der Waals surface area contributed by atoms with E-state index in [1.54, 1.807) is 10.9 Å². The Morgan fingerprint density at radius 1 is 1.21 bits per heavy atom. The molecule has 1 aromatic carbocycles. The Kier molecular flexibility index (Phi) is 4.59. The van der Waals surface area contributed by atoms with E-state index in [0.717, 1.165) is 33.5 Å².